The summed E-state index contributed by atoms with van der Waals surface area (Å²) in [6.45, 7) is 4.09. The van der Waals surface area contributed by atoms with Crippen molar-refractivity contribution in [2.24, 2.45) is 0 Å². The third-order valence-corrected chi connectivity index (χ3v) is 3.32. The highest BCUT2D eigenvalue weighted by atomic mass is 16.5. The first-order chi connectivity index (χ1) is 9.61. The Labute approximate surface area is 119 Å². The summed E-state index contributed by atoms with van der Waals surface area (Å²) in [4.78, 5) is 11.5. The van der Waals surface area contributed by atoms with Gasteiger partial charge in [-0.2, -0.15) is 0 Å². The minimum absolute atomic E-state index is 0.207. The summed E-state index contributed by atoms with van der Waals surface area (Å²) in [5.41, 5.74) is 3.84. The molecule has 3 nitrogen and oxygen atoms in total. The van der Waals surface area contributed by atoms with Gasteiger partial charge in [0.05, 0.1) is 12.7 Å². The summed E-state index contributed by atoms with van der Waals surface area (Å²) >= 11 is 0. The Kier molecular flexibility index (Phi) is 4.41. The predicted molar refractivity (Wildman–Crippen MR) is 81.0 cm³/mol. The smallest absolute Gasteiger partial charge is 0.337 e. The molecule has 0 radical (unpaired) electrons. The maximum atomic E-state index is 11.5. The molecule has 0 saturated heterocycles. The van der Waals surface area contributed by atoms with Gasteiger partial charge in [0, 0.05) is 11.7 Å². The van der Waals surface area contributed by atoms with Gasteiger partial charge in [0.1, 0.15) is 0 Å². The van der Waals surface area contributed by atoms with Gasteiger partial charge in [0.15, 0.2) is 0 Å². The molecule has 0 aliphatic heterocycles. The van der Waals surface area contributed by atoms with Crippen LogP contribution in [0.5, 0.6) is 0 Å². The van der Waals surface area contributed by atoms with Crippen molar-refractivity contribution in [1.82, 2.24) is 0 Å². The molecule has 0 amide bonds. The summed E-state index contributed by atoms with van der Waals surface area (Å²) in [6, 6.07) is 16.0. The topological polar surface area (TPSA) is 38.3 Å². The van der Waals surface area contributed by atoms with Crippen LogP contribution in [0.2, 0.25) is 0 Å². The lowest BCUT2D eigenvalue weighted by atomic mass is 10.1. The molecule has 0 spiro atoms. The molecule has 0 heterocycles. The molecule has 0 aliphatic rings. The lowest BCUT2D eigenvalue weighted by Crippen LogP contribution is -2.08. The SMILES string of the molecule is COC(=O)c1ccc(NC(C)c2ccccc2)c(C)c1. The van der Waals surface area contributed by atoms with Gasteiger partial charge in [0.2, 0.25) is 0 Å². The molecule has 3 heteroatoms. The molecule has 0 bridgehead atoms. The molecule has 0 saturated carbocycles. The lowest BCUT2D eigenvalue weighted by Gasteiger charge is -2.17. The number of rotatable bonds is 4. The Morgan fingerprint density at radius 3 is 2.45 bits per heavy atom. The van der Waals surface area contributed by atoms with Crippen molar-refractivity contribution in [2.45, 2.75) is 19.9 Å². The number of benzene rings is 2. The number of anilines is 1. The van der Waals surface area contributed by atoms with E-state index >= 15 is 0 Å². The fourth-order valence-electron chi connectivity index (χ4n) is 2.13. The first kappa shape index (κ1) is 14.1. The first-order valence-corrected chi connectivity index (χ1v) is 6.62. The number of aryl methyl sites for hydroxylation is 1. The minimum Gasteiger partial charge on any atom is -0.465 e. The van der Waals surface area contributed by atoms with Crippen LogP contribution in [0.3, 0.4) is 0 Å². The zero-order valence-electron chi connectivity index (χ0n) is 12.0. The lowest BCUT2D eigenvalue weighted by molar-refractivity contribution is 0.0600. The van der Waals surface area contributed by atoms with E-state index in [0.717, 1.165) is 11.3 Å². The van der Waals surface area contributed by atoms with Crippen molar-refractivity contribution in [3.63, 3.8) is 0 Å². The number of carbonyl (C=O) groups is 1. The summed E-state index contributed by atoms with van der Waals surface area (Å²) in [5.74, 6) is -0.309. The minimum atomic E-state index is -0.309. The maximum Gasteiger partial charge on any atom is 0.337 e. The Balaban J connectivity index is 2.16. The number of nitrogens with one attached hydrogen (secondary N) is 1. The third-order valence-electron chi connectivity index (χ3n) is 3.32. The van der Waals surface area contributed by atoms with Gasteiger partial charge in [-0.3, -0.25) is 0 Å². The number of hydrogen-bond donors (Lipinski definition) is 1. The Hall–Kier alpha value is -2.29. The van der Waals surface area contributed by atoms with Crippen LogP contribution in [0, 0.1) is 6.92 Å². The summed E-state index contributed by atoms with van der Waals surface area (Å²) < 4.78 is 4.72. The number of carbonyl (C=O) groups excluding carboxylic acids is 1. The van der Waals surface area contributed by atoms with Crippen molar-refractivity contribution in [1.29, 1.82) is 0 Å². The van der Waals surface area contributed by atoms with Gasteiger partial charge in [-0.1, -0.05) is 30.3 Å². The molecule has 2 rings (SSSR count). The van der Waals surface area contributed by atoms with E-state index in [9.17, 15) is 4.79 Å². The van der Waals surface area contributed by atoms with Crippen LogP contribution in [-0.4, -0.2) is 13.1 Å². The first-order valence-electron chi connectivity index (χ1n) is 6.62. The molecule has 2 aromatic carbocycles. The second-order valence-electron chi connectivity index (χ2n) is 4.80. The molecule has 0 aromatic heterocycles. The van der Waals surface area contributed by atoms with Crippen LogP contribution in [0.25, 0.3) is 0 Å². The quantitative estimate of drug-likeness (QED) is 0.854. The van der Waals surface area contributed by atoms with E-state index in [2.05, 4.69) is 24.4 Å². The third kappa shape index (κ3) is 3.18. The molecular formula is C17H19NO2. The molecule has 104 valence electrons. The normalized spacial score (nSPS) is 11.8. The number of ether oxygens (including phenoxy) is 1. The van der Waals surface area contributed by atoms with Crippen molar-refractivity contribution >= 4 is 11.7 Å². The second-order valence-corrected chi connectivity index (χ2v) is 4.80. The van der Waals surface area contributed by atoms with E-state index in [1.165, 1.54) is 12.7 Å². The predicted octanol–water partition coefficient (Wildman–Crippen LogP) is 3.95. The van der Waals surface area contributed by atoms with Crippen LogP contribution in [0.1, 0.15) is 34.5 Å². The Bertz CT molecular complexity index is 593. The average molecular weight is 269 g/mol. The van der Waals surface area contributed by atoms with E-state index in [0.29, 0.717) is 5.56 Å². The monoisotopic (exact) mass is 269 g/mol. The summed E-state index contributed by atoms with van der Waals surface area (Å²) in [7, 11) is 1.39. The van der Waals surface area contributed by atoms with Gasteiger partial charge in [0.25, 0.3) is 0 Å². The van der Waals surface area contributed by atoms with Gasteiger partial charge < -0.3 is 10.1 Å². The molecule has 20 heavy (non-hydrogen) atoms. The average Bonchev–Trinajstić information content (AvgIpc) is 2.49. The van der Waals surface area contributed by atoms with Crippen molar-refractivity contribution in [3.8, 4) is 0 Å². The molecule has 1 N–H and O–H groups in total. The van der Waals surface area contributed by atoms with Crippen LogP contribution >= 0.6 is 0 Å². The fraction of sp³-hybridized carbons (Fsp3) is 0.235. The van der Waals surface area contributed by atoms with Crippen molar-refractivity contribution in [3.05, 3.63) is 65.2 Å². The largest absolute Gasteiger partial charge is 0.465 e. The van der Waals surface area contributed by atoms with Gasteiger partial charge in [-0.15, -0.1) is 0 Å². The van der Waals surface area contributed by atoms with E-state index in [1.54, 1.807) is 6.07 Å². The van der Waals surface area contributed by atoms with E-state index in [1.807, 2.05) is 37.3 Å². The van der Waals surface area contributed by atoms with E-state index < -0.39 is 0 Å². The van der Waals surface area contributed by atoms with Crippen LogP contribution < -0.4 is 5.32 Å². The zero-order valence-corrected chi connectivity index (χ0v) is 12.0. The molecule has 0 aliphatic carbocycles. The summed E-state index contributed by atoms with van der Waals surface area (Å²) in [5, 5.41) is 3.46. The number of methoxy groups -OCH3 is 1. The van der Waals surface area contributed by atoms with Crippen molar-refractivity contribution < 1.29 is 9.53 Å². The van der Waals surface area contributed by atoms with Gasteiger partial charge in [-0.05, 0) is 43.2 Å². The van der Waals surface area contributed by atoms with E-state index in [-0.39, 0.29) is 12.0 Å². The Morgan fingerprint density at radius 2 is 1.85 bits per heavy atom. The number of esters is 1. The fourth-order valence-corrected chi connectivity index (χ4v) is 2.13. The molecule has 1 unspecified atom stereocenters. The maximum absolute atomic E-state index is 11.5. The van der Waals surface area contributed by atoms with Crippen molar-refractivity contribution in [2.75, 3.05) is 12.4 Å². The highest BCUT2D eigenvalue weighted by molar-refractivity contribution is 5.90. The molecular weight excluding hydrogens is 250 g/mol. The van der Waals surface area contributed by atoms with Gasteiger partial charge >= 0.3 is 5.97 Å². The van der Waals surface area contributed by atoms with Gasteiger partial charge in [-0.25, -0.2) is 4.79 Å². The molecule has 2 aromatic rings. The molecule has 1 atom stereocenters. The molecule has 0 fully saturated rings. The second kappa shape index (κ2) is 6.24. The number of hydrogen-bond acceptors (Lipinski definition) is 3. The van der Waals surface area contributed by atoms with Crippen LogP contribution in [-0.2, 0) is 4.74 Å². The highest BCUT2D eigenvalue weighted by Gasteiger charge is 2.10. The highest BCUT2D eigenvalue weighted by Crippen LogP contribution is 2.23. The van der Waals surface area contributed by atoms with Crippen LogP contribution in [0.4, 0.5) is 5.69 Å². The Morgan fingerprint density at radius 1 is 1.15 bits per heavy atom. The standard InChI is InChI=1S/C17H19NO2/c1-12-11-15(17(19)20-3)9-10-16(12)18-13(2)14-7-5-4-6-8-14/h4-11,13,18H,1-3H3. The zero-order chi connectivity index (χ0) is 14.5. The van der Waals surface area contributed by atoms with E-state index in [4.69, 9.17) is 4.74 Å². The summed E-state index contributed by atoms with van der Waals surface area (Å²) in [6.07, 6.45) is 0. The van der Waals surface area contributed by atoms with Crippen LogP contribution in [0.15, 0.2) is 48.5 Å².